The quantitative estimate of drug-likeness (QED) is 0.491. The standard InChI is InChI=1S/C21H27F3N2O4S2/c1-20(27,21(22,23)24)16-4-6-17(7-5-16)26-18(13-15-8-10-30-11-9-15)14-25-32(28,29)19-3-2-12-31-19/h2-7,12,15,18,25-27H,8-11,13-14H2,1H3/t18-,20?/m0/s1. The molecule has 1 aromatic heterocycles. The van der Waals surface area contributed by atoms with Crippen molar-refractivity contribution in [2.75, 3.05) is 25.1 Å². The van der Waals surface area contributed by atoms with Crippen LogP contribution in [-0.4, -0.2) is 45.5 Å². The number of benzene rings is 1. The number of alkyl halides is 3. The van der Waals surface area contributed by atoms with Crippen LogP contribution in [0, 0.1) is 5.92 Å². The minimum atomic E-state index is -4.80. The molecule has 0 saturated carbocycles. The van der Waals surface area contributed by atoms with Gasteiger partial charge in [-0.1, -0.05) is 18.2 Å². The fraction of sp³-hybridized carbons (Fsp3) is 0.524. The number of nitrogens with one attached hydrogen (secondary N) is 2. The van der Waals surface area contributed by atoms with Crippen LogP contribution < -0.4 is 10.0 Å². The lowest BCUT2D eigenvalue weighted by Gasteiger charge is -2.29. The molecule has 1 unspecified atom stereocenters. The van der Waals surface area contributed by atoms with Crippen LogP contribution in [0.2, 0.25) is 0 Å². The molecule has 178 valence electrons. The van der Waals surface area contributed by atoms with Crippen molar-refractivity contribution in [3.8, 4) is 0 Å². The first-order valence-corrected chi connectivity index (χ1v) is 12.6. The van der Waals surface area contributed by atoms with Crippen molar-refractivity contribution in [2.24, 2.45) is 5.92 Å². The first kappa shape index (κ1) is 25.0. The van der Waals surface area contributed by atoms with Gasteiger partial charge in [0.05, 0.1) is 0 Å². The summed E-state index contributed by atoms with van der Waals surface area (Å²) in [6.07, 6.45) is -2.39. The Morgan fingerprint density at radius 1 is 1.19 bits per heavy atom. The maximum atomic E-state index is 13.1. The second-order valence-corrected chi connectivity index (χ2v) is 11.0. The van der Waals surface area contributed by atoms with Crippen LogP contribution in [-0.2, 0) is 20.4 Å². The van der Waals surface area contributed by atoms with E-state index in [1.807, 2.05) is 0 Å². The summed E-state index contributed by atoms with van der Waals surface area (Å²) in [7, 11) is -3.64. The largest absolute Gasteiger partial charge is 0.421 e. The predicted octanol–water partition coefficient (Wildman–Crippen LogP) is 4.09. The van der Waals surface area contributed by atoms with E-state index in [1.54, 1.807) is 11.4 Å². The zero-order valence-corrected chi connectivity index (χ0v) is 19.2. The molecule has 32 heavy (non-hydrogen) atoms. The highest BCUT2D eigenvalue weighted by Crippen LogP contribution is 2.38. The Balaban J connectivity index is 1.71. The van der Waals surface area contributed by atoms with Gasteiger partial charge in [-0.15, -0.1) is 11.3 Å². The van der Waals surface area contributed by atoms with Crippen molar-refractivity contribution in [2.45, 2.75) is 48.2 Å². The highest BCUT2D eigenvalue weighted by Gasteiger charge is 2.51. The first-order chi connectivity index (χ1) is 15.0. The van der Waals surface area contributed by atoms with E-state index in [4.69, 9.17) is 4.74 Å². The lowest BCUT2D eigenvalue weighted by Crippen LogP contribution is -2.39. The normalized spacial score (nSPS) is 18.8. The molecule has 0 aliphatic carbocycles. The summed E-state index contributed by atoms with van der Waals surface area (Å²) >= 11 is 1.12. The fourth-order valence-electron chi connectivity index (χ4n) is 3.57. The minimum Gasteiger partial charge on any atom is -0.381 e. The third-order valence-electron chi connectivity index (χ3n) is 5.61. The van der Waals surface area contributed by atoms with Crippen LogP contribution in [0.5, 0.6) is 0 Å². The molecule has 3 N–H and O–H groups in total. The van der Waals surface area contributed by atoms with Crippen LogP contribution in [0.25, 0.3) is 0 Å². The third kappa shape index (κ3) is 6.22. The number of hydrogen-bond acceptors (Lipinski definition) is 6. The zero-order chi connectivity index (χ0) is 23.4. The van der Waals surface area contributed by atoms with Crippen molar-refractivity contribution >= 4 is 27.0 Å². The number of thiophene rings is 1. The average molecular weight is 493 g/mol. The molecule has 2 aromatic rings. The highest BCUT2D eigenvalue weighted by atomic mass is 32.2. The highest BCUT2D eigenvalue weighted by molar-refractivity contribution is 7.91. The van der Waals surface area contributed by atoms with Gasteiger partial charge in [0.1, 0.15) is 4.21 Å². The number of rotatable bonds is 9. The van der Waals surface area contributed by atoms with E-state index in [-0.39, 0.29) is 22.4 Å². The van der Waals surface area contributed by atoms with Gasteiger partial charge in [-0.25, -0.2) is 13.1 Å². The molecule has 3 rings (SSSR count). The summed E-state index contributed by atoms with van der Waals surface area (Å²) in [5, 5.41) is 14.8. The molecule has 1 saturated heterocycles. The lowest BCUT2D eigenvalue weighted by atomic mass is 9.92. The Bertz CT molecular complexity index is 956. The molecule has 6 nitrogen and oxygen atoms in total. The van der Waals surface area contributed by atoms with E-state index in [9.17, 15) is 26.7 Å². The van der Waals surface area contributed by atoms with Crippen LogP contribution in [0.15, 0.2) is 46.0 Å². The molecule has 0 amide bonds. The van der Waals surface area contributed by atoms with E-state index in [0.29, 0.717) is 38.2 Å². The van der Waals surface area contributed by atoms with Crippen LogP contribution in [0.3, 0.4) is 0 Å². The topological polar surface area (TPSA) is 87.7 Å². The van der Waals surface area contributed by atoms with E-state index in [1.165, 1.54) is 30.3 Å². The Morgan fingerprint density at radius 2 is 1.84 bits per heavy atom. The maximum absolute atomic E-state index is 13.1. The summed E-state index contributed by atoms with van der Waals surface area (Å²) in [5.41, 5.74) is -2.68. The van der Waals surface area contributed by atoms with Gasteiger partial charge in [-0.05, 0) is 61.2 Å². The molecule has 1 aromatic carbocycles. The van der Waals surface area contributed by atoms with Gasteiger partial charge in [-0.2, -0.15) is 13.2 Å². The van der Waals surface area contributed by atoms with E-state index in [2.05, 4.69) is 10.0 Å². The van der Waals surface area contributed by atoms with Gasteiger partial charge < -0.3 is 15.2 Å². The SMILES string of the molecule is CC(O)(c1ccc(N[C@H](CNS(=O)(=O)c2cccs2)CC2CCOCC2)cc1)C(F)(F)F. The second kappa shape index (κ2) is 10.1. The van der Waals surface area contributed by atoms with Gasteiger partial charge in [0, 0.05) is 31.5 Å². The molecule has 2 heterocycles. The average Bonchev–Trinajstić information content (AvgIpc) is 3.28. The van der Waals surface area contributed by atoms with Crippen molar-refractivity contribution in [3.05, 3.63) is 47.3 Å². The summed E-state index contributed by atoms with van der Waals surface area (Å²) in [5.74, 6) is 0.345. The van der Waals surface area contributed by atoms with Gasteiger partial charge in [0.2, 0.25) is 10.0 Å². The summed E-state index contributed by atoms with van der Waals surface area (Å²) in [6, 6.07) is 8.27. The summed E-state index contributed by atoms with van der Waals surface area (Å²) in [4.78, 5) is 0. The van der Waals surface area contributed by atoms with Crippen LogP contribution in [0.1, 0.15) is 31.7 Å². The molecule has 2 atom stereocenters. The number of hydrogen-bond donors (Lipinski definition) is 3. The molecular formula is C21H27F3N2O4S2. The van der Waals surface area contributed by atoms with E-state index >= 15 is 0 Å². The molecular weight excluding hydrogens is 465 g/mol. The van der Waals surface area contributed by atoms with E-state index in [0.717, 1.165) is 24.2 Å². The van der Waals surface area contributed by atoms with Gasteiger partial charge >= 0.3 is 6.18 Å². The Labute approximate surface area is 189 Å². The Kier molecular flexibility index (Phi) is 7.87. The van der Waals surface area contributed by atoms with Gasteiger partial charge in [-0.3, -0.25) is 0 Å². The van der Waals surface area contributed by atoms with Crippen molar-refractivity contribution in [1.82, 2.24) is 4.72 Å². The smallest absolute Gasteiger partial charge is 0.381 e. The van der Waals surface area contributed by atoms with Crippen molar-refractivity contribution in [1.29, 1.82) is 0 Å². The number of ether oxygens (including phenoxy) is 1. The van der Waals surface area contributed by atoms with Crippen molar-refractivity contribution < 1.29 is 31.4 Å². The molecule has 0 radical (unpaired) electrons. The summed E-state index contributed by atoms with van der Waals surface area (Å²) in [6.45, 7) is 2.14. The number of aliphatic hydroxyl groups is 1. The third-order valence-corrected chi connectivity index (χ3v) is 8.43. The second-order valence-electron chi connectivity index (χ2n) is 8.06. The summed E-state index contributed by atoms with van der Waals surface area (Å²) < 4.78 is 72.5. The fourth-order valence-corrected chi connectivity index (χ4v) is 5.69. The molecule has 0 bridgehead atoms. The van der Waals surface area contributed by atoms with E-state index < -0.39 is 21.8 Å². The Morgan fingerprint density at radius 3 is 2.41 bits per heavy atom. The van der Waals surface area contributed by atoms with Crippen molar-refractivity contribution in [3.63, 3.8) is 0 Å². The van der Waals surface area contributed by atoms with Crippen LogP contribution >= 0.6 is 11.3 Å². The number of sulfonamides is 1. The zero-order valence-electron chi connectivity index (χ0n) is 17.6. The molecule has 1 aliphatic rings. The van der Waals surface area contributed by atoms with Gasteiger partial charge in [0.15, 0.2) is 5.60 Å². The Hall–Kier alpha value is -1.66. The first-order valence-electron chi connectivity index (χ1n) is 10.3. The molecule has 0 spiro atoms. The minimum absolute atomic E-state index is 0.125. The number of anilines is 1. The molecule has 11 heteroatoms. The van der Waals surface area contributed by atoms with Crippen LogP contribution in [0.4, 0.5) is 18.9 Å². The predicted molar refractivity (Wildman–Crippen MR) is 117 cm³/mol. The number of halogens is 3. The van der Waals surface area contributed by atoms with Gasteiger partial charge in [0.25, 0.3) is 0 Å². The molecule has 1 aliphatic heterocycles. The maximum Gasteiger partial charge on any atom is 0.421 e. The molecule has 1 fully saturated rings. The lowest BCUT2D eigenvalue weighted by molar-refractivity contribution is -0.258. The monoisotopic (exact) mass is 492 g/mol.